The summed E-state index contributed by atoms with van der Waals surface area (Å²) in [6, 6.07) is 8.87. The zero-order valence-corrected chi connectivity index (χ0v) is 19.8. The van der Waals surface area contributed by atoms with Crippen molar-refractivity contribution in [1.29, 1.82) is 0 Å². The van der Waals surface area contributed by atoms with E-state index >= 15 is 0 Å². The molecule has 0 aromatic heterocycles. The molecule has 1 unspecified atom stereocenters. The molecule has 0 spiro atoms. The Balaban J connectivity index is 1.49. The number of halogens is 1. The number of methoxy groups -OCH3 is 1. The average molecular weight is 468 g/mol. The van der Waals surface area contributed by atoms with Crippen LogP contribution in [0, 0.1) is 5.92 Å². The first-order valence-electron chi connectivity index (χ1n) is 12.1. The minimum Gasteiger partial charge on any atom is -0.492 e. The van der Waals surface area contributed by atoms with Crippen molar-refractivity contribution < 1.29 is 18.9 Å². The Bertz CT molecular complexity index is 1090. The van der Waals surface area contributed by atoms with Crippen molar-refractivity contribution in [3.8, 4) is 23.0 Å². The van der Waals surface area contributed by atoms with Gasteiger partial charge in [0.2, 0.25) is 6.79 Å². The number of benzene rings is 2. The van der Waals surface area contributed by atoms with Crippen molar-refractivity contribution in [3.05, 3.63) is 46.5 Å². The molecular weight excluding hydrogens is 438 g/mol. The molecule has 33 heavy (non-hydrogen) atoms. The summed E-state index contributed by atoms with van der Waals surface area (Å²) in [5, 5.41) is 0. The van der Waals surface area contributed by atoms with Gasteiger partial charge in [-0.3, -0.25) is 0 Å². The Morgan fingerprint density at radius 2 is 1.94 bits per heavy atom. The van der Waals surface area contributed by atoms with Crippen LogP contribution in [0.25, 0.3) is 11.8 Å². The van der Waals surface area contributed by atoms with Crippen LogP contribution in [0.1, 0.15) is 60.4 Å². The van der Waals surface area contributed by atoms with Crippen LogP contribution in [0.2, 0.25) is 0 Å². The van der Waals surface area contributed by atoms with Crippen LogP contribution in [0.5, 0.6) is 23.0 Å². The molecule has 3 aliphatic heterocycles. The van der Waals surface area contributed by atoms with Crippen molar-refractivity contribution in [1.82, 2.24) is 4.90 Å². The molecule has 4 aliphatic rings. The molecule has 6 rings (SSSR count). The molecule has 0 radical (unpaired) electrons. The lowest BCUT2D eigenvalue weighted by atomic mass is 9.80. The third-order valence-electron chi connectivity index (χ3n) is 7.51. The lowest BCUT2D eigenvalue weighted by Gasteiger charge is -2.46. The maximum Gasteiger partial charge on any atom is 0.231 e. The highest BCUT2D eigenvalue weighted by Gasteiger charge is 2.41. The molecule has 1 atom stereocenters. The monoisotopic (exact) mass is 467 g/mol. The van der Waals surface area contributed by atoms with Gasteiger partial charge in [-0.15, -0.1) is 11.6 Å². The third kappa shape index (κ3) is 3.52. The van der Waals surface area contributed by atoms with E-state index in [0.29, 0.717) is 25.2 Å². The summed E-state index contributed by atoms with van der Waals surface area (Å²) in [4.78, 5) is 2.62. The van der Waals surface area contributed by atoms with Gasteiger partial charge in [-0.05, 0) is 67.0 Å². The van der Waals surface area contributed by atoms with Crippen LogP contribution in [-0.2, 0) is 6.42 Å². The molecular formula is C27H30ClNO4. The predicted octanol–water partition coefficient (Wildman–Crippen LogP) is 6.03. The fourth-order valence-electron chi connectivity index (χ4n) is 6.05. The molecule has 0 bridgehead atoms. The van der Waals surface area contributed by atoms with Crippen LogP contribution in [0.3, 0.4) is 0 Å². The Morgan fingerprint density at radius 1 is 1.12 bits per heavy atom. The second-order valence-corrected chi connectivity index (χ2v) is 9.69. The van der Waals surface area contributed by atoms with Crippen LogP contribution in [-0.4, -0.2) is 37.8 Å². The Hall–Kier alpha value is -2.53. The molecule has 3 heterocycles. The normalized spacial score (nSPS) is 20.7. The van der Waals surface area contributed by atoms with E-state index in [1.807, 2.05) is 6.07 Å². The van der Waals surface area contributed by atoms with Gasteiger partial charge in [-0.2, -0.15) is 0 Å². The van der Waals surface area contributed by atoms with E-state index in [-0.39, 0.29) is 6.04 Å². The molecule has 174 valence electrons. The van der Waals surface area contributed by atoms with E-state index in [1.54, 1.807) is 7.11 Å². The van der Waals surface area contributed by atoms with Crippen LogP contribution >= 0.6 is 11.6 Å². The molecule has 6 heteroatoms. The molecule has 2 aromatic carbocycles. The van der Waals surface area contributed by atoms with E-state index in [4.69, 9.17) is 30.5 Å². The maximum atomic E-state index is 6.11. The fourth-order valence-corrected chi connectivity index (χ4v) is 6.16. The molecule has 0 amide bonds. The van der Waals surface area contributed by atoms with Gasteiger partial charge >= 0.3 is 0 Å². The van der Waals surface area contributed by atoms with E-state index in [1.165, 1.54) is 53.6 Å². The quantitative estimate of drug-likeness (QED) is 0.383. The molecule has 1 aliphatic carbocycles. The van der Waals surface area contributed by atoms with Crippen molar-refractivity contribution in [2.75, 3.05) is 32.9 Å². The van der Waals surface area contributed by atoms with Gasteiger partial charge in [-0.25, -0.2) is 0 Å². The number of alkyl halides is 1. The molecule has 1 fully saturated rings. The summed E-state index contributed by atoms with van der Waals surface area (Å²) >= 11 is 5.88. The summed E-state index contributed by atoms with van der Waals surface area (Å²) in [6.07, 6.45) is 9.24. The highest BCUT2D eigenvalue weighted by Crippen LogP contribution is 2.54. The Morgan fingerprint density at radius 3 is 2.73 bits per heavy atom. The minimum atomic E-state index is 0.285. The van der Waals surface area contributed by atoms with Crippen molar-refractivity contribution in [2.24, 2.45) is 5.92 Å². The van der Waals surface area contributed by atoms with Gasteiger partial charge in [0, 0.05) is 29.2 Å². The van der Waals surface area contributed by atoms with E-state index in [9.17, 15) is 0 Å². The highest BCUT2D eigenvalue weighted by atomic mass is 35.5. The summed E-state index contributed by atoms with van der Waals surface area (Å²) in [5.41, 5.74) is 6.40. The van der Waals surface area contributed by atoms with Crippen LogP contribution in [0.15, 0.2) is 24.3 Å². The molecule has 2 aromatic rings. The lowest BCUT2D eigenvalue weighted by Crippen LogP contribution is -2.38. The first-order chi connectivity index (χ1) is 16.3. The Labute approximate surface area is 200 Å². The minimum absolute atomic E-state index is 0.285. The van der Waals surface area contributed by atoms with Crippen LogP contribution in [0.4, 0.5) is 0 Å². The number of rotatable bonds is 6. The summed E-state index contributed by atoms with van der Waals surface area (Å²) in [7, 11) is 1.76. The summed E-state index contributed by atoms with van der Waals surface area (Å²) in [6.45, 7) is 1.88. The molecule has 5 nitrogen and oxygen atoms in total. The SMILES string of the molecule is COc1c(OCCCCl)ccc2c1C(C1CCCC1)N1CCc3cc4c(cc3C1=C2)OCO4. The highest BCUT2D eigenvalue weighted by molar-refractivity contribution is 6.17. The zero-order valence-electron chi connectivity index (χ0n) is 19.1. The smallest absolute Gasteiger partial charge is 0.231 e. The number of ether oxygens (including phenoxy) is 4. The third-order valence-corrected chi connectivity index (χ3v) is 7.78. The number of nitrogens with zero attached hydrogens (tertiary/aromatic N) is 1. The topological polar surface area (TPSA) is 40.2 Å². The first-order valence-corrected chi connectivity index (χ1v) is 12.6. The van der Waals surface area contributed by atoms with Crippen molar-refractivity contribution >= 4 is 23.4 Å². The number of hydrogen-bond acceptors (Lipinski definition) is 5. The van der Waals surface area contributed by atoms with Crippen LogP contribution < -0.4 is 18.9 Å². The number of hydrogen-bond donors (Lipinski definition) is 0. The van der Waals surface area contributed by atoms with Crippen molar-refractivity contribution in [2.45, 2.75) is 44.6 Å². The van der Waals surface area contributed by atoms with E-state index in [2.05, 4.69) is 29.2 Å². The van der Waals surface area contributed by atoms with Gasteiger partial charge < -0.3 is 23.8 Å². The predicted molar refractivity (Wildman–Crippen MR) is 129 cm³/mol. The van der Waals surface area contributed by atoms with Gasteiger partial charge in [0.25, 0.3) is 0 Å². The Kier molecular flexibility index (Phi) is 5.53. The number of fused-ring (bicyclic) bond motifs is 5. The summed E-state index contributed by atoms with van der Waals surface area (Å²) < 4.78 is 23.5. The van der Waals surface area contributed by atoms with Gasteiger partial charge in [-0.1, -0.05) is 18.9 Å². The largest absolute Gasteiger partial charge is 0.492 e. The van der Waals surface area contributed by atoms with Gasteiger partial charge in [0.05, 0.1) is 19.8 Å². The van der Waals surface area contributed by atoms with E-state index in [0.717, 1.165) is 42.4 Å². The fraction of sp³-hybridized carbons (Fsp3) is 0.481. The average Bonchev–Trinajstić information content (AvgIpc) is 3.53. The molecule has 0 saturated heterocycles. The van der Waals surface area contributed by atoms with E-state index < -0.39 is 0 Å². The molecule has 0 N–H and O–H groups in total. The second-order valence-electron chi connectivity index (χ2n) is 9.32. The van der Waals surface area contributed by atoms with Crippen molar-refractivity contribution in [3.63, 3.8) is 0 Å². The standard InChI is InChI=1S/C27H30ClNO4/c1-30-27-22(31-12-4-10-28)8-7-19-13-21-20-15-24-23(32-16-33-24)14-18(20)9-11-29(21)26(25(19)27)17-5-2-3-6-17/h7-8,13-15,17,26H,2-6,9-12,16H2,1H3. The second kappa shape index (κ2) is 8.68. The first kappa shape index (κ1) is 21.0. The van der Waals surface area contributed by atoms with Gasteiger partial charge in [0.1, 0.15) is 0 Å². The maximum absolute atomic E-state index is 6.11. The molecule has 1 saturated carbocycles. The van der Waals surface area contributed by atoms with Gasteiger partial charge in [0.15, 0.2) is 23.0 Å². The lowest BCUT2D eigenvalue weighted by molar-refractivity contribution is 0.174. The zero-order chi connectivity index (χ0) is 22.4. The summed E-state index contributed by atoms with van der Waals surface area (Å²) in [5.74, 6) is 4.62.